The summed E-state index contributed by atoms with van der Waals surface area (Å²) in [6, 6.07) is 11.1. The van der Waals surface area contributed by atoms with Gasteiger partial charge in [-0.3, -0.25) is 9.69 Å². The van der Waals surface area contributed by atoms with Crippen LogP contribution < -0.4 is 10.6 Å². The van der Waals surface area contributed by atoms with Crippen LogP contribution in [-0.4, -0.2) is 36.0 Å². The SMILES string of the molecule is Cc1cc(NC(=O)CN2C(=O)N[C@@H](c3ccccc3Cl)C3=C2COC3=O)ccc1Br. The predicted octanol–water partition coefficient (Wildman–Crippen LogP) is 3.93. The molecule has 1 atom stereocenters. The standard InChI is InChI=1S/C21H17BrClN3O4/c1-11-8-12(6-7-14(11)22)24-17(27)9-26-16-10-30-20(28)18(16)19(25-21(26)29)13-4-2-3-5-15(13)23/h2-8,19H,9-10H2,1H3,(H,24,27)(H,25,29)/t19-/m0/s1. The Balaban J connectivity index is 1.60. The van der Waals surface area contributed by atoms with Crippen LogP contribution in [0.15, 0.2) is 58.2 Å². The third kappa shape index (κ3) is 3.80. The number of ether oxygens (including phenoxy) is 1. The number of rotatable bonds is 4. The van der Waals surface area contributed by atoms with Crippen LogP contribution in [0.2, 0.25) is 5.02 Å². The largest absolute Gasteiger partial charge is 0.456 e. The second-order valence-corrected chi connectivity index (χ2v) is 8.20. The van der Waals surface area contributed by atoms with Crippen molar-refractivity contribution in [3.8, 4) is 0 Å². The van der Waals surface area contributed by atoms with Gasteiger partial charge in [-0.2, -0.15) is 0 Å². The highest BCUT2D eigenvalue weighted by molar-refractivity contribution is 9.10. The van der Waals surface area contributed by atoms with Crippen molar-refractivity contribution in [1.29, 1.82) is 0 Å². The van der Waals surface area contributed by atoms with Crippen molar-refractivity contribution in [2.75, 3.05) is 18.5 Å². The van der Waals surface area contributed by atoms with Gasteiger partial charge in [0.2, 0.25) is 5.91 Å². The zero-order valence-corrected chi connectivity index (χ0v) is 18.2. The van der Waals surface area contributed by atoms with Crippen molar-refractivity contribution in [3.05, 3.63) is 74.4 Å². The molecule has 0 unspecified atom stereocenters. The average molecular weight is 491 g/mol. The Morgan fingerprint density at radius 3 is 2.80 bits per heavy atom. The molecule has 2 aromatic rings. The maximum Gasteiger partial charge on any atom is 0.338 e. The Labute approximate surface area is 186 Å². The van der Waals surface area contributed by atoms with Crippen LogP contribution in [0.5, 0.6) is 0 Å². The number of cyclic esters (lactones) is 1. The van der Waals surface area contributed by atoms with Gasteiger partial charge in [0.15, 0.2) is 0 Å². The van der Waals surface area contributed by atoms with Crippen molar-refractivity contribution in [2.45, 2.75) is 13.0 Å². The number of nitrogens with one attached hydrogen (secondary N) is 2. The van der Waals surface area contributed by atoms with Gasteiger partial charge in [0.25, 0.3) is 0 Å². The summed E-state index contributed by atoms with van der Waals surface area (Å²) in [5, 5.41) is 5.96. The smallest absolute Gasteiger partial charge is 0.338 e. The van der Waals surface area contributed by atoms with Crippen LogP contribution in [-0.2, 0) is 14.3 Å². The summed E-state index contributed by atoms with van der Waals surface area (Å²) in [5.74, 6) is -0.932. The quantitative estimate of drug-likeness (QED) is 0.636. The van der Waals surface area contributed by atoms with E-state index in [0.29, 0.717) is 22.0 Å². The van der Waals surface area contributed by atoms with E-state index in [0.717, 1.165) is 10.0 Å². The van der Waals surface area contributed by atoms with E-state index in [1.807, 2.05) is 19.1 Å². The molecule has 2 aliphatic heterocycles. The summed E-state index contributed by atoms with van der Waals surface area (Å²) >= 11 is 9.69. The van der Waals surface area contributed by atoms with Gasteiger partial charge in [-0.25, -0.2) is 9.59 Å². The maximum absolute atomic E-state index is 12.8. The summed E-state index contributed by atoms with van der Waals surface area (Å²) in [4.78, 5) is 39.0. The van der Waals surface area contributed by atoms with Crippen molar-refractivity contribution >= 4 is 51.1 Å². The highest BCUT2D eigenvalue weighted by Gasteiger charge is 2.43. The molecule has 30 heavy (non-hydrogen) atoms. The lowest BCUT2D eigenvalue weighted by atomic mass is 9.95. The Morgan fingerprint density at radius 2 is 2.07 bits per heavy atom. The molecule has 9 heteroatoms. The molecule has 0 fully saturated rings. The molecule has 2 N–H and O–H groups in total. The fraction of sp³-hybridized carbons (Fsp3) is 0.190. The molecule has 2 heterocycles. The van der Waals surface area contributed by atoms with Gasteiger partial charge in [-0.1, -0.05) is 45.7 Å². The molecule has 3 amide bonds. The van der Waals surface area contributed by atoms with Crippen LogP contribution in [0.3, 0.4) is 0 Å². The highest BCUT2D eigenvalue weighted by Crippen LogP contribution is 2.37. The van der Waals surface area contributed by atoms with Crippen LogP contribution >= 0.6 is 27.5 Å². The van der Waals surface area contributed by atoms with E-state index in [9.17, 15) is 14.4 Å². The molecule has 0 saturated carbocycles. The number of urea groups is 1. The highest BCUT2D eigenvalue weighted by atomic mass is 79.9. The first-order valence-electron chi connectivity index (χ1n) is 9.14. The Bertz CT molecular complexity index is 1100. The lowest BCUT2D eigenvalue weighted by molar-refractivity contribution is -0.136. The van der Waals surface area contributed by atoms with Gasteiger partial charge in [-0.05, 0) is 42.3 Å². The number of esters is 1. The molecule has 2 aromatic carbocycles. The van der Waals surface area contributed by atoms with Crippen LogP contribution in [0.1, 0.15) is 17.2 Å². The molecular weight excluding hydrogens is 474 g/mol. The fourth-order valence-electron chi connectivity index (χ4n) is 3.49. The van der Waals surface area contributed by atoms with E-state index in [2.05, 4.69) is 26.6 Å². The summed E-state index contributed by atoms with van der Waals surface area (Å²) in [7, 11) is 0. The number of amides is 3. The van der Waals surface area contributed by atoms with Crippen LogP contribution in [0.4, 0.5) is 10.5 Å². The molecule has 0 saturated heterocycles. The molecule has 154 valence electrons. The first kappa shape index (κ1) is 20.4. The molecule has 0 aliphatic carbocycles. The van der Waals surface area contributed by atoms with Crippen molar-refractivity contribution in [2.24, 2.45) is 0 Å². The summed E-state index contributed by atoms with van der Waals surface area (Å²) in [6.07, 6.45) is 0. The predicted molar refractivity (Wildman–Crippen MR) is 115 cm³/mol. The van der Waals surface area contributed by atoms with E-state index < -0.39 is 23.9 Å². The first-order valence-corrected chi connectivity index (χ1v) is 10.3. The number of halogens is 2. The Hall–Kier alpha value is -2.84. The molecule has 7 nitrogen and oxygen atoms in total. The second-order valence-electron chi connectivity index (χ2n) is 6.94. The third-order valence-corrected chi connectivity index (χ3v) is 6.19. The average Bonchev–Trinajstić information content (AvgIpc) is 3.09. The molecule has 0 bridgehead atoms. The zero-order valence-electron chi connectivity index (χ0n) is 15.9. The summed E-state index contributed by atoms with van der Waals surface area (Å²) in [6.45, 7) is 1.57. The maximum atomic E-state index is 12.8. The topological polar surface area (TPSA) is 87.7 Å². The lowest BCUT2D eigenvalue weighted by Crippen LogP contribution is -2.49. The van der Waals surface area contributed by atoms with E-state index >= 15 is 0 Å². The van der Waals surface area contributed by atoms with Crippen LogP contribution in [0.25, 0.3) is 0 Å². The van der Waals surface area contributed by atoms with E-state index in [1.54, 1.807) is 30.3 Å². The molecule has 0 radical (unpaired) electrons. The number of anilines is 1. The lowest BCUT2D eigenvalue weighted by Gasteiger charge is -2.32. The third-order valence-electron chi connectivity index (χ3n) is 4.96. The minimum Gasteiger partial charge on any atom is -0.456 e. The van der Waals surface area contributed by atoms with Gasteiger partial charge in [0, 0.05) is 15.2 Å². The number of benzene rings is 2. The number of carbonyl (C=O) groups excluding carboxylic acids is 3. The normalized spacial score (nSPS) is 18.1. The van der Waals surface area contributed by atoms with Crippen molar-refractivity contribution in [3.63, 3.8) is 0 Å². The Kier molecular flexibility index (Phi) is 5.53. The van der Waals surface area contributed by atoms with E-state index in [1.165, 1.54) is 4.90 Å². The van der Waals surface area contributed by atoms with Crippen molar-refractivity contribution < 1.29 is 19.1 Å². The van der Waals surface area contributed by atoms with Gasteiger partial charge < -0.3 is 15.4 Å². The molecule has 4 rings (SSSR count). The Morgan fingerprint density at radius 1 is 1.30 bits per heavy atom. The second kappa shape index (κ2) is 8.12. The van der Waals surface area contributed by atoms with E-state index in [4.69, 9.17) is 16.3 Å². The number of aryl methyl sites for hydroxylation is 1. The number of carbonyl (C=O) groups is 3. The van der Waals surface area contributed by atoms with E-state index in [-0.39, 0.29) is 18.7 Å². The first-order chi connectivity index (χ1) is 14.3. The van der Waals surface area contributed by atoms with Gasteiger partial charge >= 0.3 is 12.0 Å². The number of hydrogen-bond donors (Lipinski definition) is 2. The van der Waals surface area contributed by atoms with Gasteiger partial charge in [0.1, 0.15) is 13.2 Å². The molecule has 0 aromatic heterocycles. The number of nitrogens with zero attached hydrogens (tertiary/aromatic N) is 1. The fourth-order valence-corrected chi connectivity index (χ4v) is 3.98. The minimum atomic E-state index is -0.732. The monoisotopic (exact) mass is 489 g/mol. The molecule has 0 spiro atoms. The zero-order chi connectivity index (χ0) is 21.4. The van der Waals surface area contributed by atoms with Crippen molar-refractivity contribution in [1.82, 2.24) is 10.2 Å². The summed E-state index contributed by atoms with van der Waals surface area (Å²) < 4.78 is 6.10. The van der Waals surface area contributed by atoms with Gasteiger partial charge in [0.05, 0.1) is 17.3 Å². The number of hydrogen-bond acceptors (Lipinski definition) is 4. The molecule has 2 aliphatic rings. The minimum absolute atomic E-state index is 0.0762. The van der Waals surface area contributed by atoms with Gasteiger partial charge in [-0.15, -0.1) is 0 Å². The van der Waals surface area contributed by atoms with Crippen LogP contribution in [0, 0.1) is 6.92 Å². The molecular formula is C21H17BrClN3O4. The summed E-state index contributed by atoms with van der Waals surface area (Å²) in [5.41, 5.74) is 2.82.